The molecule has 0 aliphatic heterocycles. The van der Waals surface area contributed by atoms with E-state index in [1.165, 1.54) is 0 Å². The van der Waals surface area contributed by atoms with Crippen molar-refractivity contribution in [1.82, 2.24) is 6.15 Å². The molecule has 0 fully saturated rings. The van der Waals surface area contributed by atoms with Crippen LogP contribution in [0.1, 0.15) is 0 Å². The highest BCUT2D eigenvalue weighted by molar-refractivity contribution is 7.61. The van der Waals surface area contributed by atoms with Gasteiger partial charge in [0.2, 0.25) is 0 Å². The molecule has 0 bridgehead atoms. The second-order valence-corrected chi connectivity index (χ2v) is 2.55. The SMILES string of the molecule is N.O.O=[P](=O)[Mg]. The van der Waals surface area contributed by atoms with E-state index in [-0.39, 0.29) is 11.6 Å². The van der Waals surface area contributed by atoms with Gasteiger partial charge in [-0.3, -0.25) is 9.13 Å². The molecule has 0 aliphatic carbocycles. The van der Waals surface area contributed by atoms with E-state index in [1.54, 1.807) is 0 Å². The molecule has 0 saturated heterocycles. The predicted octanol–water partition coefficient (Wildman–Crippen LogP) is -0.420. The first-order valence-corrected chi connectivity index (χ1v) is 3.94. The van der Waals surface area contributed by atoms with Crippen LogP contribution in [0.25, 0.3) is 0 Å². The second kappa shape index (κ2) is 9.14. The quantitative estimate of drug-likeness (QED) is 0.349. The van der Waals surface area contributed by atoms with Gasteiger partial charge in [-0.15, -0.1) is 0 Å². The van der Waals surface area contributed by atoms with Gasteiger partial charge in [0.15, 0.2) is 0 Å². The molecule has 4 nitrogen and oxygen atoms in total. The lowest BCUT2D eigenvalue weighted by atomic mass is 14.0. The lowest BCUT2D eigenvalue weighted by Crippen LogP contribution is -1.22. The highest BCUT2D eigenvalue weighted by atomic mass is 31.2. The van der Waals surface area contributed by atoms with E-state index in [4.69, 9.17) is 9.13 Å². The Hall–Kier alpha value is 0.586. The molecule has 0 unspecified atom stereocenters. The van der Waals surface area contributed by atoms with Crippen molar-refractivity contribution in [1.29, 1.82) is 0 Å². The first-order chi connectivity index (χ1) is 1.73. The fourth-order valence-corrected chi connectivity index (χ4v) is 0. The zero-order valence-electron chi connectivity index (χ0n) is 3.18. The molecule has 0 saturated carbocycles. The molecule has 6 heteroatoms. The van der Waals surface area contributed by atoms with Crippen LogP contribution in [0, 0.1) is 0 Å². The molecule has 0 aromatic rings. The molecule has 0 heterocycles. The fourth-order valence-electron chi connectivity index (χ4n) is 0. The minimum atomic E-state index is -2.09. The lowest BCUT2D eigenvalue weighted by molar-refractivity contribution is 0.526. The molecule has 0 aromatic carbocycles. The molecule has 0 atom stereocenters. The summed E-state index contributed by atoms with van der Waals surface area (Å²) in [6.45, 7) is 0. The van der Waals surface area contributed by atoms with Gasteiger partial charge >= 0.3 is 21.2 Å². The zero-order valence-corrected chi connectivity index (χ0v) is 5.49. The third kappa shape index (κ3) is 172. The summed E-state index contributed by atoms with van der Waals surface area (Å²) in [5.74, 6) is 0. The van der Waals surface area contributed by atoms with E-state index >= 15 is 0 Å². The molecule has 0 spiro atoms. The van der Waals surface area contributed by atoms with Crippen LogP contribution in [-0.2, 0) is 9.13 Å². The van der Waals surface area contributed by atoms with Crippen molar-refractivity contribution in [2.24, 2.45) is 0 Å². The van der Waals surface area contributed by atoms with Gasteiger partial charge in [-0.1, -0.05) is 0 Å². The van der Waals surface area contributed by atoms with Gasteiger partial charge in [0, 0.05) is 0 Å². The standard InChI is InChI=1S/Mg.H3N.O2P.H2O/c;;1-3-2;/h;1H3;;1H2. The van der Waals surface area contributed by atoms with Gasteiger partial charge in [0.05, 0.1) is 0 Å². The summed E-state index contributed by atoms with van der Waals surface area (Å²) in [5.41, 5.74) is -2.09. The summed E-state index contributed by atoms with van der Waals surface area (Å²) in [6, 6.07) is 0. The van der Waals surface area contributed by atoms with Crippen LogP contribution < -0.4 is 6.15 Å². The zero-order chi connectivity index (χ0) is 3.58. The smallest absolute Gasteiger partial charge is 0.412 e. The number of hydrogen-bond donors (Lipinski definition) is 1. The van der Waals surface area contributed by atoms with Crippen molar-refractivity contribution in [2.45, 2.75) is 0 Å². The Morgan fingerprint density at radius 1 is 1.33 bits per heavy atom. The van der Waals surface area contributed by atoms with Crippen LogP contribution in [0.5, 0.6) is 0 Å². The first kappa shape index (κ1) is 16.0. The maximum absolute atomic E-state index is 9.05. The summed E-state index contributed by atoms with van der Waals surface area (Å²) in [5, 5.41) is 0. The Morgan fingerprint density at radius 3 is 1.33 bits per heavy atom. The molecule has 0 rings (SSSR count). The van der Waals surface area contributed by atoms with Crippen LogP contribution in [0.4, 0.5) is 0 Å². The minimum absolute atomic E-state index is 0. The average Bonchev–Trinajstić information content (AvgIpc) is 0.811. The Kier molecular flexibility index (Phi) is 24.3. The van der Waals surface area contributed by atoms with Crippen molar-refractivity contribution in [2.75, 3.05) is 0 Å². The minimum Gasteiger partial charge on any atom is -0.412 e. The van der Waals surface area contributed by atoms with Gasteiger partial charge in [-0.2, -0.15) is 0 Å². The largest absolute Gasteiger partial charge is 0.458 e. The van der Waals surface area contributed by atoms with Crippen LogP contribution in [0.3, 0.4) is 0 Å². The van der Waals surface area contributed by atoms with E-state index in [1.807, 2.05) is 0 Å². The highest BCUT2D eigenvalue weighted by Crippen LogP contribution is 1.83. The summed E-state index contributed by atoms with van der Waals surface area (Å²) < 4.78 is 18.1. The predicted molar refractivity (Wildman–Crippen MR) is 22.7 cm³/mol. The molecule has 0 amide bonds. The first-order valence-electron chi connectivity index (χ1n) is 0.681. The van der Waals surface area contributed by atoms with Crippen LogP contribution in [0.2, 0.25) is 0 Å². The van der Waals surface area contributed by atoms with Crippen LogP contribution in [0.15, 0.2) is 0 Å². The van der Waals surface area contributed by atoms with E-state index in [9.17, 15) is 0 Å². The lowest BCUT2D eigenvalue weighted by Gasteiger charge is -1.36. The summed E-state index contributed by atoms with van der Waals surface area (Å²) in [7, 11) is 0. The van der Waals surface area contributed by atoms with Crippen LogP contribution >= 0.6 is 5.47 Å². The third-order valence-corrected chi connectivity index (χ3v) is 0. The van der Waals surface area contributed by atoms with E-state index in [0.29, 0.717) is 0 Å². The van der Waals surface area contributed by atoms with Crippen molar-refractivity contribution in [3.63, 3.8) is 0 Å². The molecular formula is H5MgNO3P. The van der Waals surface area contributed by atoms with Crippen molar-refractivity contribution in [3.8, 4) is 0 Å². The summed E-state index contributed by atoms with van der Waals surface area (Å²) in [6.07, 6.45) is 0. The van der Waals surface area contributed by atoms with Gasteiger partial charge in [0.1, 0.15) is 5.47 Å². The topological polar surface area (TPSA) is 101 Å². The van der Waals surface area contributed by atoms with E-state index < -0.39 is 5.47 Å². The monoisotopic (exact) mass is 122 g/mol. The van der Waals surface area contributed by atoms with Gasteiger partial charge in [0.25, 0.3) is 0 Å². The Labute approximate surface area is 47.8 Å². The van der Waals surface area contributed by atoms with Crippen molar-refractivity contribution in [3.05, 3.63) is 0 Å². The van der Waals surface area contributed by atoms with E-state index in [2.05, 4.69) is 0 Å². The fraction of sp³-hybridized carbons (Fsp3) is 0. The third-order valence-electron chi connectivity index (χ3n) is 0. The molecule has 0 aromatic heterocycles. The van der Waals surface area contributed by atoms with Gasteiger partial charge < -0.3 is 11.6 Å². The number of hydrogen-bond acceptors (Lipinski definition) is 3. The maximum Gasteiger partial charge on any atom is 0.458 e. The Bertz CT molecular complexity index is 59.2. The molecule has 35 valence electrons. The average molecular weight is 122 g/mol. The maximum atomic E-state index is 9.05. The molecule has 0 aliphatic rings. The second-order valence-electron chi connectivity index (χ2n) is 0.333. The molecule has 6 heavy (non-hydrogen) atoms. The molecule has 5 N–H and O–H groups in total. The molecular weight excluding hydrogens is 117 g/mol. The van der Waals surface area contributed by atoms with Crippen molar-refractivity contribution < 1.29 is 14.6 Å². The summed E-state index contributed by atoms with van der Waals surface area (Å²) >= 11 is 0.957. The normalized spacial score (nSPS) is 3.83. The molecule has 1 radical (unpaired) electrons. The Balaban J connectivity index is -0.0000000450. The van der Waals surface area contributed by atoms with E-state index in [0.717, 1.165) is 21.2 Å². The Morgan fingerprint density at radius 2 is 1.33 bits per heavy atom. The number of rotatable bonds is 0. The van der Waals surface area contributed by atoms with Crippen LogP contribution in [-0.4, -0.2) is 26.6 Å². The van der Waals surface area contributed by atoms with Gasteiger partial charge in [-0.05, 0) is 0 Å². The van der Waals surface area contributed by atoms with Gasteiger partial charge in [-0.25, -0.2) is 0 Å². The summed E-state index contributed by atoms with van der Waals surface area (Å²) in [4.78, 5) is 0. The highest BCUT2D eigenvalue weighted by Gasteiger charge is 1.56. The van der Waals surface area contributed by atoms with Crippen molar-refractivity contribution >= 4 is 26.6 Å².